The van der Waals surface area contributed by atoms with Gasteiger partial charge in [-0.1, -0.05) is 0 Å². The van der Waals surface area contributed by atoms with Crippen LogP contribution in [0.5, 0.6) is 0 Å². The van der Waals surface area contributed by atoms with Crippen LogP contribution in [-0.2, 0) is 9.59 Å². The lowest BCUT2D eigenvalue weighted by molar-refractivity contribution is -0.159. The number of nitrogens with two attached hydrogens (primary N) is 3. The van der Waals surface area contributed by atoms with Crippen molar-refractivity contribution in [1.29, 1.82) is 0 Å². The topological polar surface area (TPSA) is 254 Å². The van der Waals surface area contributed by atoms with Crippen LogP contribution in [0.1, 0.15) is 0 Å². The molecule has 1 heterocycles. The van der Waals surface area contributed by atoms with E-state index in [0.29, 0.717) is 0 Å². The maximum Gasteiger partial charge on any atom is 0.414 e. The molecule has 12 nitrogen and oxygen atoms in total. The Kier molecular flexibility index (Phi) is 9.97. The molecule has 0 amide bonds. The Hall–Kier alpha value is -2.73. The third kappa shape index (κ3) is 9.57. The number of aliphatic carboxylic acids is 2. The van der Waals surface area contributed by atoms with Crippen LogP contribution in [0.4, 0.5) is 17.8 Å². The predicted molar refractivity (Wildman–Crippen MR) is 55.6 cm³/mol. The van der Waals surface area contributed by atoms with Crippen LogP contribution in [0, 0.1) is 0 Å². The summed E-state index contributed by atoms with van der Waals surface area (Å²) < 4.78 is 0. The molecule has 0 saturated carbocycles. The van der Waals surface area contributed by atoms with Crippen molar-refractivity contribution in [1.82, 2.24) is 15.0 Å². The van der Waals surface area contributed by atoms with Crippen LogP contribution in [-0.4, -0.2) is 48.1 Å². The van der Waals surface area contributed by atoms with E-state index in [-0.39, 0.29) is 28.8 Å². The van der Waals surface area contributed by atoms with Crippen LogP contribution in [0.15, 0.2) is 0 Å². The summed E-state index contributed by atoms with van der Waals surface area (Å²) in [6, 6.07) is 0. The molecule has 0 fully saturated rings. The number of hydrogen-bond donors (Lipinski definition) is 5. The molecule has 1 rings (SSSR count). The van der Waals surface area contributed by atoms with Gasteiger partial charge in [0.1, 0.15) is 0 Å². The average molecular weight is 252 g/mol. The molecule has 1 aromatic heterocycles. The number of carbonyl (C=O) groups is 2. The second kappa shape index (κ2) is 8.57. The molecule has 0 atom stereocenters. The van der Waals surface area contributed by atoms with Gasteiger partial charge in [0.15, 0.2) is 0 Å². The van der Waals surface area contributed by atoms with Crippen LogP contribution in [0.3, 0.4) is 0 Å². The average Bonchev–Trinajstić information content (AvgIpc) is 2.01. The summed E-state index contributed by atoms with van der Waals surface area (Å²) in [7, 11) is 0. The maximum atomic E-state index is 9.10. The van der Waals surface area contributed by atoms with Gasteiger partial charge in [-0.15, -0.1) is 0 Å². The van der Waals surface area contributed by atoms with Gasteiger partial charge < -0.3 is 38.4 Å². The SMILES string of the molecule is Nc1nc(N)nc(N)n1.O.O.O=C(O)C(=O)O. The van der Waals surface area contributed by atoms with Gasteiger partial charge in [0, 0.05) is 0 Å². The summed E-state index contributed by atoms with van der Waals surface area (Å²) in [5.41, 5.74) is 15.4. The van der Waals surface area contributed by atoms with E-state index in [9.17, 15) is 0 Å². The lowest BCUT2D eigenvalue weighted by Crippen LogP contribution is -2.09. The zero-order valence-electron chi connectivity index (χ0n) is 8.28. The number of aromatic nitrogens is 3. The maximum absolute atomic E-state index is 9.10. The van der Waals surface area contributed by atoms with E-state index in [2.05, 4.69) is 15.0 Å². The largest absolute Gasteiger partial charge is 0.473 e. The quantitative estimate of drug-likeness (QED) is 0.280. The summed E-state index contributed by atoms with van der Waals surface area (Å²) in [5, 5.41) is 14.8. The van der Waals surface area contributed by atoms with Gasteiger partial charge in [0.2, 0.25) is 17.8 Å². The third-order valence-corrected chi connectivity index (χ3v) is 0.870. The number of carboxylic acids is 2. The summed E-state index contributed by atoms with van der Waals surface area (Å²) in [5.74, 6) is -3.52. The van der Waals surface area contributed by atoms with Gasteiger partial charge in [-0.25, -0.2) is 9.59 Å². The van der Waals surface area contributed by atoms with Gasteiger partial charge in [-0.3, -0.25) is 0 Å². The molecule has 0 bridgehead atoms. The van der Waals surface area contributed by atoms with E-state index in [1.807, 2.05) is 0 Å². The summed E-state index contributed by atoms with van der Waals surface area (Å²) in [6.45, 7) is 0. The zero-order chi connectivity index (χ0) is 12.0. The molecule has 0 aliphatic heterocycles. The highest BCUT2D eigenvalue weighted by atomic mass is 16.4. The number of anilines is 3. The van der Waals surface area contributed by atoms with Crippen molar-refractivity contribution in [3.63, 3.8) is 0 Å². The molecule has 12 heteroatoms. The number of rotatable bonds is 0. The minimum atomic E-state index is -1.82. The fourth-order valence-electron chi connectivity index (χ4n) is 0.427. The Morgan fingerprint density at radius 3 is 1.06 bits per heavy atom. The van der Waals surface area contributed by atoms with E-state index in [0.717, 1.165) is 0 Å². The monoisotopic (exact) mass is 252 g/mol. The molecule has 0 radical (unpaired) electrons. The zero-order valence-corrected chi connectivity index (χ0v) is 8.28. The van der Waals surface area contributed by atoms with Crippen molar-refractivity contribution in [2.75, 3.05) is 17.2 Å². The normalized spacial score (nSPS) is 7.53. The molecule has 0 aliphatic carbocycles. The summed E-state index contributed by atoms with van der Waals surface area (Å²) in [4.78, 5) is 28.7. The molecular weight excluding hydrogens is 240 g/mol. The molecular formula is C5H12N6O6. The molecule has 0 aliphatic rings. The molecule has 0 unspecified atom stereocenters. The lowest BCUT2D eigenvalue weighted by atomic mass is 10.7. The lowest BCUT2D eigenvalue weighted by Gasteiger charge is -1.93. The van der Waals surface area contributed by atoms with E-state index < -0.39 is 11.9 Å². The van der Waals surface area contributed by atoms with Crippen LogP contribution in [0.2, 0.25) is 0 Å². The number of carboxylic acid groups (broad SMARTS) is 2. The Morgan fingerprint density at radius 1 is 0.765 bits per heavy atom. The Morgan fingerprint density at radius 2 is 0.941 bits per heavy atom. The van der Waals surface area contributed by atoms with E-state index >= 15 is 0 Å². The molecule has 98 valence electrons. The van der Waals surface area contributed by atoms with Gasteiger partial charge in [0.05, 0.1) is 0 Å². The molecule has 12 N–H and O–H groups in total. The van der Waals surface area contributed by atoms with Crippen molar-refractivity contribution in [2.45, 2.75) is 0 Å². The highest BCUT2D eigenvalue weighted by molar-refractivity contribution is 6.27. The predicted octanol–water partition coefficient (Wildman–Crippen LogP) is -3.88. The fourth-order valence-corrected chi connectivity index (χ4v) is 0.427. The second-order valence-electron chi connectivity index (χ2n) is 2.02. The number of nitrogens with zero attached hydrogens (tertiary/aromatic N) is 3. The van der Waals surface area contributed by atoms with Gasteiger partial charge >= 0.3 is 11.9 Å². The minimum absolute atomic E-state index is 0. The van der Waals surface area contributed by atoms with E-state index in [1.54, 1.807) is 0 Å². The highest BCUT2D eigenvalue weighted by Gasteiger charge is 2.04. The first-order valence-electron chi connectivity index (χ1n) is 3.31. The first-order chi connectivity index (χ1) is 6.82. The minimum Gasteiger partial charge on any atom is -0.473 e. The molecule has 0 saturated heterocycles. The molecule has 0 spiro atoms. The second-order valence-corrected chi connectivity index (χ2v) is 2.02. The Bertz CT molecular complexity index is 321. The van der Waals surface area contributed by atoms with Crippen molar-refractivity contribution in [3.05, 3.63) is 0 Å². The third-order valence-electron chi connectivity index (χ3n) is 0.870. The van der Waals surface area contributed by atoms with Crippen LogP contribution in [0.25, 0.3) is 0 Å². The van der Waals surface area contributed by atoms with E-state index in [4.69, 9.17) is 37.0 Å². The Labute approximate surface area is 93.7 Å². The number of hydrogen-bond acceptors (Lipinski definition) is 8. The number of nitrogen functional groups attached to an aromatic ring is 3. The smallest absolute Gasteiger partial charge is 0.414 e. The van der Waals surface area contributed by atoms with Crippen LogP contribution < -0.4 is 17.2 Å². The van der Waals surface area contributed by atoms with Crippen molar-refractivity contribution < 1.29 is 30.8 Å². The first kappa shape index (κ1) is 19.8. The van der Waals surface area contributed by atoms with E-state index in [1.165, 1.54) is 0 Å². The van der Waals surface area contributed by atoms with Gasteiger partial charge in [0.25, 0.3) is 0 Å². The van der Waals surface area contributed by atoms with Crippen molar-refractivity contribution in [2.24, 2.45) is 0 Å². The standard InChI is InChI=1S/C3H6N6.C2H2O4.2H2O/c4-1-7-2(5)9-3(6)8-1;3-1(4)2(5)6;;/h(H6,4,5,6,7,8,9);(H,3,4)(H,5,6);2*1H2. The van der Waals surface area contributed by atoms with Crippen molar-refractivity contribution in [3.8, 4) is 0 Å². The first-order valence-corrected chi connectivity index (χ1v) is 3.31. The fraction of sp³-hybridized carbons (Fsp3) is 0. The van der Waals surface area contributed by atoms with Crippen LogP contribution >= 0.6 is 0 Å². The van der Waals surface area contributed by atoms with Gasteiger partial charge in [-0.05, 0) is 0 Å². The van der Waals surface area contributed by atoms with Crippen molar-refractivity contribution >= 4 is 29.8 Å². The molecule has 0 aromatic carbocycles. The summed E-state index contributed by atoms with van der Waals surface area (Å²) >= 11 is 0. The molecule has 1 aromatic rings. The van der Waals surface area contributed by atoms with Gasteiger partial charge in [-0.2, -0.15) is 15.0 Å². The summed E-state index contributed by atoms with van der Waals surface area (Å²) in [6.07, 6.45) is 0. The highest BCUT2D eigenvalue weighted by Crippen LogP contribution is 1.97. The Balaban J connectivity index is -0.000000221. The molecule has 17 heavy (non-hydrogen) atoms.